The van der Waals surface area contributed by atoms with Gasteiger partial charge in [-0.1, -0.05) is 0 Å². The first kappa shape index (κ1) is 14.0. The van der Waals surface area contributed by atoms with Gasteiger partial charge in [-0.15, -0.1) is 0 Å². The second-order valence-electron chi connectivity index (χ2n) is 4.77. The molecule has 1 aliphatic carbocycles. The summed E-state index contributed by atoms with van der Waals surface area (Å²) in [6, 6.07) is 0. The molecule has 17 heavy (non-hydrogen) atoms. The third-order valence-electron chi connectivity index (χ3n) is 2.97. The number of hydrogen-bond donors (Lipinski definition) is 1. The Morgan fingerprint density at radius 2 is 1.88 bits per heavy atom. The van der Waals surface area contributed by atoms with E-state index in [0.717, 1.165) is 12.5 Å². The minimum Gasteiger partial charge on any atom is -0.347 e. The van der Waals surface area contributed by atoms with Crippen LogP contribution in [0.2, 0.25) is 0 Å². The van der Waals surface area contributed by atoms with Gasteiger partial charge >= 0.3 is 0 Å². The number of amides is 2. The van der Waals surface area contributed by atoms with E-state index in [0.29, 0.717) is 13.1 Å². The van der Waals surface area contributed by atoms with E-state index in [1.54, 1.807) is 19.0 Å². The fourth-order valence-corrected chi connectivity index (χ4v) is 1.50. The molecule has 1 rings (SSSR count). The number of carbonyl (C=O) groups excluding carboxylic acids is 2. The summed E-state index contributed by atoms with van der Waals surface area (Å²) >= 11 is 0. The molecule has 0 aromatic heterocycles. The Bertz CT molecular complexity index is 275. The van der Waals surface area contributed by atoms with Crippen LogP contribution in [-0.4, -0.2) is 61.9 Å². The molecule has 0 spiro atoms. The van der Waals surface area contributed by atoms with Crippen molar-refractivity contribution in [3.05, 3.63) is 0 Å². The van der Waals surface area contributed by atoms with Crippen molar-refractivity contribution in [1.29, 1.82) is 0 Å². The molecule has 0 atom stereocenters. The lowest BCUT2D eigenvalue weighted by Crippen LogP contribution is -2.44. The van der Waals surface area contributed by atoms with Gasteiger partial charge in [0.15, 0.2) is 0 Å². The molecule has 0 radical (unpaired) electrons. The summed E-state index contributed by atoms with van der Waals surface area (Å²) in [5, 5.41) is 3.15. The van der Waals surface area contributed by atoms with Gasteiger partial charge in [-0.25, -0.2) is 0 Å². The zero-order chi connectivity index (χ0) is 12.8. The standard InChI is InChI=1S/C12H23N3O2/c1-4-15(9-12(17)14(2)3)11(16)8-13-7-10-5-6-10/h10,13H,4-9H2,1-3H3. The smallest absolute Gasteiger partial charge is 0.241 e. The van der Waals surface area contributed by atoms with Crippen molar-refractivity contribution >= 4 is 11.8 Å². The molecule has 0 saturated heterocycles. The first-order valence-corrected chi connectivity index (χ1v) is 6.23. The van der Waals surface area contributed by atoms with Crippen LogP contribution in [-0.2, 0) is 9.59 Å². The summed E-state index contributed by atoms with van der Waals surface area (Å²) in [5.74, 6) is 0.729. The lowest BCUT2D eigenvalue weighted by atomic mass is 10.4. The van der Waals surface area contributed by atoms with Crippen LogP contribution in [0.4, 0.5) is 0 Å². The summed E-state index contributed by atoms with van der Waals surface area (Å²) < 4.78 is 0. The van der Waals surface area contributed by atoms with Crippen LogP contribution >= 0.6 is 0 Å². The van der Waals surface area contributed by atoms with Crippen molar-refractivity contribution in [2.45, 2.75) is 19.8 Å². The van der Waals surface area contributed by atoms with Crippen molar-refractivity contribution in [2.75, 3.05) is 40.3 Å². The number of carbonyl (C=O) groups is 2. The fraction of sp³-hybridized carbons (Fsp3) is 0.833. The number of hydrogen-bond acceptors (Lipinski definition) is 3. The molecule has 5 nitrogen and oxygen atoms in total. The highest BCUT2D eigenvalue weighted by Crippen LogP contribution is 2.27. The number of nitrogens with zero attached hydrogens (tertiary/aromatic N) is 2. The van der Waals surface area contributed by atoms with Gasteiger partial charge in [0.2, 0.25) is 11.8 Å². The van der Waals surface area contributed by atoms with Crippen LogP contribution in [0, 0.1) is 5.92 Å². The van der Waals surface area contributed by atoms with E-state index in [1.165, 1.54) is 17.7 Å². The largest absolute Gasteiger partial charge is 0.347 e. The summed E-state index contributed by atoms with van der Waals surface area (Å²) in [4.78, 5) is 26.4. The molecular weight excluding hydrogens is 218 g/mol. The molecule has 0 heterocycles. The van der Waals surface area contributed by atoms with Crippen molar-refractivity contribution in [2.24, 2.45) is 5.92 Å². The van der Waals surface area contributed by atoms with Gasteiger partial charge < -0.3 is 15.1 Å². The predicted octanol–water partition coefficient (Wildman–Crippen LogP) is -0.0773. The number of nitrogens with one attached hydrogen (secondary N) is 1. The SMILES string of the molecule is CCN(CC(=O)N(C)C)C(=O)CNCC1CC1. The van der Waals surface area contributed by atoms with Crippen LogP contribution in [0.25, 0.3) is 0 Å². The van der Waals surface area contributed by atoms with E-state index in [-0.39, 0.29) is 18.4 Å². The van der Waals surface area contributed by atoms with E-state index in [4.69, 9.17) is 0 Å². The Morgan fingerprint density at radius 3 is 2.35 bits per heavy atom. The first-order chi connectivity index (χ1) is 8.04. The molecule has 1 N–H and O–H groups in total. The molecule has 1 saturated carbocycles. The Hall–Kier alpha value is -1.10. The highest BCUT2D eigenvalue weighted by atomic mass is 16.2. The maximum absolute atomic E-state index is 11.8. The summed E-state index contributed by atoms with van der Waals surface area (Å²) in [5.41, 5.74) is 0. The van der Waals surface area contributed by atoms with E-state index >= 15 is 0 Å². The molecule has 2 amide bonds. The molecule has 0 aromatic carbocycles. The number of rotatable bonds is 7. The van der Waals surface area contributed by atoms with Crippen LogP contribution in [0.1, 0.15) is 19.8 Å². The Kier molecular flexibility index (Phi) is 5.41. The topological polar surface area (TPSA) is 52.7 Å². The Labute approximate surface area is 103 Å². The highest BCUT2D eigenvalue weighted by Gasteiger charge is 2.21. The Balaban J connectivity index is 2.26. The normalized spacial score (nSPS) is 14.5. The summed E-state index contributed by atoms with van der Waals surface area (Å²) in [6.45, 7) is 3.90. The second-order valence-corrected chi connectivity index (χ2v) is 4.77. The predicted molar refractivity (Wildman–Crippen MR) is 66.5 cm³/mol. The van der Waals surface area contributed by atoms with Crippen molar-refractivity contribution in [1.82, 2.24) is 15.1 Å². The van der Waals surface area contributed by atoms with Crippen LogP contribution < -0.4 is 5.32 Å². The van der Waals surface area contributed by atoms with Crippen LogP contribution in [0.15, 0.2) is 0 Å². The van der Waals surface area contributed by atoms with Gasteiger partial charge in [0.25, 0.3) is 0 Å². The van der Waals surface area contributed by atoms with Gasteiger partial charge in [0.1, 0.15) is 0 Å². The van der Waals surface area contributed by atoms with Gasteiger partial charge in [0, 0.05) is 20.6 Å². The van der Waals surface area contributed by atoms with Crippen LogP contribution in [0.3, 0.4) is 0 Å². The van der Waals surface area contributed by atoms with E-state index in [1.807, 2.05) is 6.92 Å². The lowest BCUT2D eigenvalue weighted by Gasteiger charge is -2.22. The molecule has 1 fully saturated rings. The van der Waals surface area contributed by atoms with E-state index in [2.05, 4.69) is 5.32 Å². The first-order valence-electron chi connectivity index (χ1n) is 6.23. The minimum atomic E-state index is -0.0395. The summed E-state index contributed by atoms with van der Waals surface area (Å²) in [6.07, 6.45) is 2.55. The maximum atomic E-state index is 11.8. The molecule has 0 unspecified atom stereocenters. The third-order valence-corrected chi connectivity index (χ3v) is 2.97. The number of likely N-dealkylation sites (N-methyl/N-ethyl adjacent to an activating group) is 2. The van der Waals surface area contributed by atoms with Gasteiger partial charge in [0.05, 0.1) is 13.1 Å². The van der Waals surface area contributed by atoms with E-state index < -0.39 is 0 Å². The molecule has 98 valence electrons. The lowest BCUT2D eigenvalue weighted by molar-refractivity contribution is -0.138. The average Bonchev–Trinajstić information content (AvgIpc) is 3.09. The molecule has 0 bridgehead atoms. The zero-order valence-electron chi connectivity index (χ0n) is 11.0. The average molecular weight is 241 g/mol. The molecule has 5 heteroatoms. The Morgan fingerprint density at radius 1 is 1.24 bits per heavy atom. The maximum Gasteiger partial charge on any atom is 0.241 e. The fourth-order valence-electron chi connectivity index (χ4n) is 1.50. The highest BCUT2D eigenvalue weighted by molar-refractivity contribution is 5.85. The zero-order valence-corrected chi connectivity index (χ0v) is 11.0. The minimum absolute atomic E-state index is 0.00310. The third kappa shape index (κ3) is 5.17. The quantitative estimate of drug-likeness (QED) is 0.678. The van der Waals surface area contributed by atoms with Crippen molar-refractivity contribution < 1.29 is 9.59 Å². The molecule has 0 aromatic rings. The van der Waals surface area contributed by atoms with Crippen molar-refractivity contribution in [3.63, 3.8) is 0 Å². The van der Waals surface area contributed by atoms with Gasteiger partial charge in [-0.05, 0) is 32.2 Å². The van der Waals surface area contributed by atoms with Gasteiger partial charge in [-0.2, -0.15) is 0 Å². The van der Waals surface area contributed by atoms with Crippen molar-refractivity contribution in [3.8, 4) is 0 Å². The second kappa shape index (κ2) is 6.59. The van der Waals surface area contributed by atoms with Gasteiger partial charge in [-0.3, -0.25) is 9.59 Å². The summed E-state index contributed by atoms with van der Waals surface area (Å²) in [7, 11) is 3.40. The molecule has 0 aliphatic heterocycles. The molecule has 1 aliphatic rings. The molecular formula is C12H23N3O2. The van der Waals surface area contributed by atoms with E-state index in [9.17, 15) is 9.59 Å². The monoisotopic (exact) mass is 241 g/mol. The van der Waals surface area contributed by atoms with Crippen LogP contribution in [0.5, 0.6) is 0 Å².